The predicted octanol–water partition coefficient (Wildman–Crippen LogP) is 2.10. The van der Waals surface area contributed by atoms with E-state index in [2.05, 4.69) is 28.6 Å². The van der Waals surface area contributed by atoms with Crippen LogP contribution in [0, 0.1) is 18.8 Å². The second-order valence-electron chi connectivity index (χ2n) is 5.23. The number of piperidine rings is 1. The Morgan fingerprint density at radius 3 is 3.06 bits per heavy atom. The van der Waals surface area contributed by atoms with Crippen LogP contribution in [0.15, 0.2) is 11.4 Å². The highest BCUT2D eigenvalue weighted by molar-refractivity contribution is 7.10. The summed E-state index contributed by atoms with van der Waals surface area (Å²) in [5.41, 5.74) is 1.47. The van der Waals surface area contributed by atoms with Crippen LogP contribution in [0.1, 0.15) is 16.9 Å². The summed E-state index contributed by atoms with van der Waals surface area (Å²) in [4.78, 5) is 4.22. The first-order valence-electron chi connectivity index (χ1n) is 6.29. The van der Waals surface area contributed by atoms with Crippen LogP contribution in [0.25, 0.3) is 0 Å². The number of fused-ring (bicyclic) bond motifs is 1. The second kappa shape index (κ2) is 4.47. The largest absolute Gasteiger partial charge is 0.316 e. The van der Waals surface area contributed by atoms with Crippen molar-refractivity contribution in [3.63, 3.8) is 0 Å². The lowest BCUT2D eigenvalue weighted by Gasteiger charge is -2.24. The molecule has 0 aromatic carbocycles. The SMILES string of the molecule is Cc1ccsc1CN1C[C@H]2CNCC[C@H]2C1. The molecule has 1 N–H and O–H groups in total. The molecular weight excluding hydrogens is 216 g/mol. The van der Waals surface area contributed by atoms with Gasteiger partial charge in [-0.2, -0.15) is 0 Å². The summed E-state index contributed by atoms with van der Waals surface area (Å²) < 4.78 is 0. The van der Waals surface area contributed by atoms with Gasteiger partial charge in [-0.05, 0) is 55.3 Å². The lowest BCUT2D eigenvalue weighted by atomic mass is 9.90. The lowest BCUT2D eigenvalue weighted by molar-refractivity contribution is 0.315. The van der Waals surface area contributed by atoms with E-state index < -0.39 is 0 Å². The minimum atomic E-state index is 0.911. The van der Waals surface area contributed by atoms with E-state index in [0.29, 0.717) is 0 Å². The summed E-state index contributed by atoms with van der Waals surface area (Å²) in [5, 5.41) is 5.74. The van der Waals surface area contributed by atoms with Crippen molar-refractivity contribution in [2.75, 3.05) is 26.2 Å². The fraction of sp³-hybridized carbons (Fsp3) is 0.692. The number of hydrogen-bond donors (Lipinski definition) is 1. The molecule has 2 aliphatic rings. The van der Waals surface area contributed by atoms with Gasteiger partial charge < -0.3 is 5.32 Å². The predicted molar refractivity (Wildman–Crippen MR) is 68.8 cm³/mol. The highest BCUT2D eigenvalue weighted by atomic mass is 32.1. The molecular formula is C13H20N2S. The molecule has 0 bridgehead atoms. The van der Waals surface area contributed by atoms with Gasteiger partial charge in [0, 0.05) is 24.5 Å². The molecule has 2 aliphatic heterocycles. The maximum atomic E-state index is 3.52. The molecule has 3 heteroatoms. The first-order chi connectivity index (χ1) is 7.83. The van der Waals surface area contributed by atoms with Gasteiger partial charge in [-0.3, -0.25) is 4.90 Å². The fourth-order valence-corrected chi connectivity index (χ4v) is 4.01. The average Bonchev–Trinajstić information content (AvgIpc) is 2.85. The van der Waals surface area contributed by atoms with Crippen LogP contribution in [0.4, 0.5) is 0 Å². The molecule has 3 heterocycles. The van der Waals surface area contributed by atoms with Gasteiger partial charge in [-0.25, -0.2) is 0 Å². The first-order valence-corrected chi connectivity index (χ1v) is 7.17. The molecule has 16 heavy (non-hydrogen) atoms. The minimum absolute atomic E-state index is 0.911. The molecule has 88 valence electrons. The van der Waals surface area contributed by atoms with Crippen molar-refractivity contribution in [2.45, 2.75) is 19.9 Å². The van der Waals surface area contributed by atoms with Crippen molar-refractivity contribution in [3.05, 3.63) is 21.9 Å². The standard InChI is InChI=1S/C13H20N2S/c1-10-3-5-16-13(10)9-15-7-11-2-4-14-6-12(11)8-15/h3,5,11-12,14H,2,4,6-9H2,1H3/t11-,12+/m0/s1. The smallest absolute Gasteiger partial charge is 0.0330 e. The number of aryl methyl sites for hydroxylation is 1. The average molecular weight is 236 g/mol. The van der Waals surface area contributed by atoms with E-state index >= 15 is 0 Å². The Morgan fingerprint density at radius 2 is 2.31 bits per heavy atom. The zero-order chi connectivity index (χ0) is 11.0. The summed E-state index contributed by atoms with van der Waals surface area (Å²) in [6.07, 6.45) is 1.38. The Hall–Kier alpha value is -0.380. The van der Waals surface area contributed by atoms with E-state index in [4.69, 9.17) is 0 Å². The van der Waals surface area contributed by atoms with Crippen molar-refractivity contribution in [1.29, 1.82) is 0 Å². The van der Waals surface area contributed by atoms with E-state index in [1.54, 1.807) is 4.88 Å². The van der Waals surface area contributed by atoms with Gasteiger partial charge in [0.15, 0.2) is 0 Å². The van der Waals surface area contributed by atoms with Crippen molar-refractivity contribution in [2.24, 2.45) is 11.8 Å². The van der Waals surface area contributed by atoms with Gasteiger partial charge >= 0.3 is 0 Å². The molecule has 0 spiro atoms. The Labute approximate surface area is 102 Å². The fourth-order valence-electron chi connectivity index (χ4n) is 3.07. The molecule has 2 saturated heterocycles. The number of nitrogens with zero attached hydrogens (tertiary/aromatic N) is 1. The Bertz CT molecular complexity index is 347. The highest BCUT2D eigenvalue weighted by Crippen LogP contribution is 2.30. The van der Waals surface area contributed by atoms with Crippen molar-refractivity contribution < 1.29 is 0 Å². The summed E-state index contributed by atoms with van der Waals surface area (Å²) in [7, 11) is 0. The molecule has 2 nitrogen and oxygen atoms in total. The normalized spacial score (nSPS) is 30.6. The maximum Gasteiger partial charge on any atom is 0.0330 e. The Kier molecular flexibility index (Phi) is 3.01. The zero-order valence-electron chi connectivity index (χ0n) is 9.91. The van der Waals surface area contributed by atoms with Crippen LogP contribution < -0.4 is 5.32 Å². The number of thiophene rings is 1. The summed E-state index contributed by atoms with van der Waals surface area (Å²) in [6, 6.07) is 2.24. The van der Waals surface area contributed by atoms with E-state index in [9.17, 15) is 0 Å². The molecule has 3 rings (SSSR count). The van der Waals surface area contributed by atoms with Gasteiger partial charge in [-0.15, -0.1) is 11.3 Å². The summed E-state index contributed by atoms with van der Waals surface area (Å²) in [5.74, 6) is 1.87. The molecule has 1 aromatic heterocycles. The van der Waals surface area contributed by atoms with E-state index in [-0.39, 0.29) is 0 Å². The first kappa shape index (κ1) is 10.8. The molecule has 0 unspecified atom stereocenters. The van der Waals surface area contributed by atoms with Crippen molar-refractivity contribution >= 4 is 11.3 Å². The maximum absolute atomic E-state index is 3.52. The third-order valence-corrected chi connectivity index (χ3v) is 5.09. The van der Waals surface area contributed by atoms with Crippen LogP contribution in [0.2, 0.25) is 0 Å². The third-order valence-electron chi connectivity index (χ3n) is 4.09. The van der Waals surface area contributed by atoms with Gasteiger partial charge in [0.1, 0.15) is 0 Å². The zero-order valence-corrected chi connectivity index (χ0v) is 10.7. The number of likely N-dealkylation sites (tertiary alicyclic amines) is 1. The molecule has 0 radical (unpaired) electrons. The van der Waals surface area contributed by atoms with Gasteiger partial charge in [-0.1, -0.05) is 0 Å². The third kappa shape index (κ3) is 2.04. The molecule has 1 aromatic rings. The molecule has 0 saturated carbocycles. The highest BCUT2D eigenvalue weighted by Gasteiger charge is 2.34. The monoisotopic (exact) mass is 236 g/mol. The Balaban J connectivity index is 1.63. The van der Waals surface area contributed by atoms with Crippen LogP contribution in [-0.4, -0.2) is 31.1 Å². The van der Waals surface area contributed by atoms with Crippen LogP contribution in [-0.2, 0) is 6.54 Å². The minimum Gasteiger partial charge on any atom is -0.316 e. The summed E-state index contributed by atoms with van der Waals surface area (Å²) in [6.45, 7) is 8.50. The molecule has 0 aliphatic carbocycles. The van der Waals surface area contributed by atoms with Gasteiger partial charge in [0.25, 0.3) is 0 Å². The Morgan fingerprint density at radius 1 is 1.44 bits per heavy atom. The van der Waals surface area contributed by atoms with Crippen molar-refractivity contribution in [3.8, 4) is 0 Å². The quantitative estimate of drug-likeness (QED) is 0.846. The molecule has 2 atom stereocenters. The topological polar surface area (TPSA) is 15.3 Å². The molecule has 2 fully saturated rings. The van der Waals surface area contributed by atoms with Crippen LogP contribution >= 0.6 is 11.3 Å². The van der Waals surface area contributed by atoms with E-state index in [1.165, 1.54) is 44.7 Å². The van der Waals surface area contributed by atoms with E-state index in [1.807, 2.05) is 11.3 Å². The van der Waals surface area contributed by atoms with Crippen LogP contribution in [0.5, 0.6) is 0 Å². The van der Waals surface area contributed by atoms with E-state index in [0.717, 1.165) is 11.8 Å². The number of rotatable bonds is 2. The van der Waals surface area contributed by atoms with Gasteiger partial charge in [0.05, 0.1) is 0 Å². The second-order valence-corrected chi connectivity index (χ2v) is 6.23. The number of hydrogen-bond acceptors (Lipinski definition) is 3. The van der Waals surface area contributed by atoms with Crippen molar-refractivity contribution in [1.82, 2.24) is 10.2 Å². The van der Waals surface area contributed by atoms with Gasteiger partial charge in [0.2, 0.25) is 0 Å². The number of nitrogens with one attached hydrogen (secondary N) is 1. The molecule has 0 amide bonds. The summed E-state index contributed by atoms with van der Waals surface area (Å²) >= 11 is 1.91. The van der Waals surface area contributed by atoms with Crippen LogP contribution in [0.3, 0.4) is 0 Å². The lowest BCUT2D eigenvalue weighted by Crippen LogP contribution is -2.35.